The summed E-state index contributed by atoms with van der Waals surface area (Å²) >= 11 is 3.87. The summed E-state index contributed by atoms with van der Waals surface area (Å²) in [6.07, 6.45) is 3.69. The molecule has 2 heterocycles. The normalized spacial score (nSPS) is 21.9. The molecule has 2 rings (SSSR count). The molecule has 0 saturated carbocycles. The second-order valence-electron chi connectivity index (χ2n) is 4.75. The molecular weight excluding hydrogens is 248 g/mol. The third kappa shape index (κ3) is 3.97. The monoisotopic (exact) mass is 270 g/mol. The second kappa shape index (κ2) is 6.76. The van der Waals surface area contributed by atoms with E-state index in [0.717, 1.165) is 18.9 Å². The Morgan fingerprint density at radius 2 is 2.47 bits per heavy atom. The van der Waals surface area contributed by atoms with E-state index >= 15 is 0 Å². The molecule has 1 aliphatic heterocycles. The van der Waals surface area contributed by atoms with Crippen molar-refractivity contribution in [1.82, 2.24) is 10.3 Å². The van der Waals surface area contributed by atoms with Crippen LogP contribution in [0.2, 0.25) is 0 Å². The molecular formula is C13H22N2S2. The quantitative estimate of drug-likeness (QED) is 0.860. The standard InChI is InChI=1S/C13H22N2S2/c1-3-5-14-13(11-4-6-16-8-11)7-12-9-17-10(2)15-12/h9,11,13-14H,3-8H2,1-2H3. The number of nitrogens with one attached hydrogen (secondary N) is 1. The number of aryl methyl sites for hydroxylation is 1. The Balaban J connectivity index is 1.94. The molecule has 1 aromatic rings. The predicted molar refractivity (Wildman–Crippen MR) is 78.1 cm³/mol. The summed E-state index contributed by atoms with van der Waals surface area (Å²) in [5, 5.41) is 7.13. The molecule has 1 saturated heterocycles. The summed E-state index contributed by atoms with van der Waals surface area (Å²) < 4.78 is 0. The Bertz CT molecular complexity index is 332. The molecule has 0 radical (unpaired) electrons. The van der Waals surface area contributed by atoms with Gasteiger partial charge in [-0.1, -0.05) is 6.92 Å². The van der Waals surface area contributed by atoms with E-state index in [1.807, 2.05) is 0 Å². The summed E-state index contributed by atoms with van der Waals surface area (Å²) in [7, 11) is 0. The van der Waals surface area contributed by atoms with Gasteiger partial charge in [0.05, 0.1) is 10.7 Å². The minimum Gasteiger partial charge on any atom is -0.313 e. The third-order valence-electron chi connectivity index (χ3n) is 3.29. The summed E-state index contributed by atoms with van der Waals surface area (Å²) in [5.74, 6) is 3.50. The van der Waals surface area contributed by atoms with Crippen molar-refractivity contribution in [3.05, 3.63) is 16.1 Å². The lowest BCUT2D eigenvalue weighted by atomic mass is 9.95. The molecule has 1 N–H and O–H groups in total. The van der Waals surface area contributed by atoms with E-state index in [-0.39, 0.29) is 0 Å². The van der Waals surface area contributed by atoms with Gasteiger partial charge < -0.3 is 5.32 Å². The van der Waals surface area contributed by atoms with Crippen LogP contribution in [0.25, 0.3) is 0 Å². The fraction of sp³-hybridized carbons (Fsp3) is 0.769. The average molecular weight is 270 g/mol. The molecule has 2 nitrogen and oxygen atoms in total. The highest BCUT2D eigenvalue weighted by Crippen LogP contribution is 2.28. The van der Waals surface area contributed by atoms with E-state index < -0.39 is 0 Å². The lowest BCUT2D eigenvalue weighted by molar-refractivity contribution is 0.378. The van der Waals surface area contributed by atoms with E-state index in [2.05, 4.69) is 41.3 Å². The van der Waals surface area contributed by atoms with Gasteiger partial charge >= 0.3 is 0 Å². The first-order chi connectivity index (χ1) is 8.29. The van der Waals surface area contributed by atoms with Crippen LogP contribution in [0.15, 0.2) is 5.38 Å². The molecule has 0 aliphatic carbocycles. The SMILES string of the molecule is CCCNC(Cc1csc(C)n1)C1CCSC1. The first-order valence-corrected chi connectivity index (χ1v) is 8.55. The molecule has 1 fully saturated rings. The van der Waals surface area contributed by atoms with Crippen LogP contribution < -0.4 is 5.32 Å². The number of hydrogen-bond donors (Lipinski definition) is 1. The number of hydrogen-bond acceptors (Lipinski definition) is 4. The van der Waals surface area contributed by atoms with E-state index in [4.69, 9.17) is 0 Å². The van der Waals surface area contributed by atoms with Crippen molar-refractivity contribution in [2.24, 2.45) is 5.92 Å². The Hall–Kier alpha value is -0.0600. The van der Waals surface area contributed by atoms with Crippen molar-refractivity contribution >= 4 is 23.1 Å². The molecule has 96 valence electrons. The van der Waals surface area contributed by atoms with E-state index in [1.165, 1.54) is 35.0 Å². The maximum atomic E-state index is 4.60. The molecule has 0 spiro atoms. The Morgan fingerprint density at radius 3 is 3.06 bits per heavy atom. The molecule has 1 aliphatic rings. The van der Waals surface area contributed by atoms with Gasteiger partial charge in [-0.05, 0) is 43.7 Å². The zero-order chi connectivity index (χ0) is 12.1. The van der Waals surface area contributed by atoms with Crippen molar-refractivity contribution in [3.8, 4) is 0 Å². The fourth-order valence-corrected chi connectivity index (χ4v) is 4.30. The van der Waals surface area contributed by atoms with Gasteiger partial charge in [-0.2, -0.15) is 11.8 Å². The van der Waals surface area contributed by atoms with Crippen LogP contribution in [-0.4, -0.2) is 29.1 Å². The Morgan fingerprint density at radius 1 is 1.59 bits per heavy atom. The van der Waals surface area contributed by atoms with Crippen LogP contribution in [0.3, 0.4) is 0 Å². The van der Waals surface area contributed by atoms with Gasteiger partial charge in [0.25, 0.3) is 0 Å². The van der Waals surface area contributed by atoms with E-state index in [0.29, 0.717) is 6.04 Å². The van der Waals surface area contributed by atoms with Gasteiger partial charge in [0, 0.05) is 17.8 Å². The van der Waals surface area contributed by atoms with E-state index in [1.54, 1.807) is 11.3 Å². The topological polar surface area (TPSA) is 24.9 Å². The van der Waals surface area contributed by atoms with Gasteiger partial charge in [-0.25, -0.2) is 4.98 Å². The summed E-state index contributed by atoms with van der Waals surface area (Å²) in [6, 6.07) is 0.631. The molecule has 0 amide bonds. The highest BCUT2D eigenvalue weighted by atomic mass is 32.2. The van der Waals surface area contributed by atoms with Crippen LogP contribution in [0.4, 0.5) is 0 Å². The fourth-order valence-electron chi connectivity index (χ4n) is 2.33. The largest absolute Gasteiger partial charge is 0.313 e. The minimum absolute atomic E-state index is 0.631. The molecule has 0 bridgehead atoms. The zero-order valence-corrected chi connectivity index (χ0v) is 12.4. The molecule has 4 heteroatoms. The van der Waals surface area contributed by atoms with Crippen molar-refractivity contribution in [1.29, 1.82) is 0 Å². The molecule has 0 aromatic carbocycles. The zero-order valence-electron chi connectivity index (χ0n) is 10.7. The predicted octanol–water partition coefficient (Wildman–Crippen LogP) is 3.12. The summed E-state index contributed by atoms with van der Waals surface area (Å²) in [5.41, 5.74) is 1.28. The van der Waals surface area contributed by atoms with Crippen molar-refractivity contribution in [3.63, 3.8) is 0 Å². The lowest BCUT2D eigenvalue weighted by Crippen LogP contribution is -2.38. The van der Waals surface area contributed by atoms with Gasteiger partial charge in [-0.15, -0.1) is 11.3 Å². The lowest BCUT2D eigenvalue weighted by Gasteiger charge is -2.23. The van der Waals surface area contributed by atoms with Gasteiger partial charge in [0.1, 0.15) is 0 Å². The maximum Gasteiger partial charge on any atom is 0.0897 e. The number of rotatable bonds is 6. The highest BCUT2D eigenvalue weighted by molar-refractivity contribution is 7.99. The second-order valence-corrected chi connectivity index (χ2v) is 6.96. The Labute approximate surface area is 113 Å². The molecule has 2 atom stereocenters. The third-order valence-corrected chi connectivity index (χ3v) is 5.30. The van der Waals surface area contributed by atoms with Crippen molar-refractivity contribution in [2.45, 2.75) is 39.2 Å². The van der Waals surface area contributed by atoms with Crippen molar-refractivity contribution in [2.75, 3.05) is 18.1 Å². The smallest absolute Gasteiger partial charge is 0.0897 e. The number of nitrogens with zero attached hydrogens (tertiary/aromatic N) is 1. The van der Waals surface area contributed by atoms with Crippen LogP contribution in [0.5, 0.6) is 0 Å². The van der Waals surface area contributed by atoms with Gasteiger partial charge in [0.15, 0.2) is 0 Å². The molecule has 2 unspecified atom stereocenters. The summed E-state index contributed by atoms with van der Waals surface area (Å²) in [4.78, 5) is 4.60. The minimum atomic E-state index is 0.631. The van der Waals surface area contributed by atoms with Crippen molar-refractivity contribution < 1.29 is 0 Å². The first-order valence-electron chi connectivity index (χ1n) is 6.51. The number of aromatic nitrogens is 1. The first kappa shape index (κ1) is 13.4. The van der Waals surface area contributed by atoms with Crippen LogP contribution >= 0.6 is 23.1 Å². The van der Waals surface area contributed by atoms with Crippen LogP contribution in [0.1, 0.15) is 30.5 Å². The van der Waals surface area contributed by atoms with Gasteiger partial charge in [-0.3, -0.25) is 0 Å². The Kier molecular flexibility index (Phi) is 5.32. The number of thiazole rings is 1. The highest BCUT2D eigenvalue weighted by Gasteiger charge is 2.25. The summed E-state index contributed by atoms with van der Waals surface area (Å²) in [6.45, 7) is 5.46. The van der Waals surface area contributed by atoms with Crippen LogP contribution in [0, 0.1) is 12.8 Å². The molecule has 1 aromatic heterocycles. The van der Waals surface area contributed by atoms with Gasteiger partial charge in [0.2, 0.25) is 0 Å². The molecule has 17 heavy (non-hydrogen) atoms. The average Bonchev–Trinajstić information content (AvgIpc) is 2.95. The number of thioether (sulfide) groups is 1. The maximum absolute atomic E-state index is 4.60. The van der Waals surface area contributed by atoms with Crippen LogP contribution in [-0.2, 0) is 6.42 Å². The van der Waals surface area contributed by atoms with E-state index in [9.17, 15) is 0 Å².